The molecule has 15 heavy (non-hydrogen) atoms. The fraction of sp³-hybridized carbons (Fsp3) is 0.500. The normalized spacial score (nSPS) is 12.9. The Labute approximate surface area is 91.3 Å². The molecule has 0 aliphatic carbocycles. The molecule has 3 nitrogen and oxygen atoms in total. The number of anilines is 1. The third kappa shape index (κ3) is 2.17. The van der Waals surface area contributed by atoms with Crippen LogP contribution in [0.25, 0.3) is 0 Å². The van der Waals surface area contributed by atoms with Crippen molar-refractivity contribution in [3.63, 3.8) is 0 Å². The van der Waals surface area contributed by atoms with Gasteiger partial charge in [-0.2, -0.15) is 0 Å². The lowest BCUT2D eigenvalue weighted by atomic mass is 10.3. The molecule has 1 amide bonds. The van der Waals surface area contributed by atoms with Crippen LogP contribution in [0.4, 0.5) is 5.69 Å². The van der Waals surface area contributed by atoms with E-state index in [9.17, 15) is 4.79 Å². The number of carbonyl (C=O) groups excluding carboxylic acids is 1. The molecular formula is C12H19N2O+. The number of aryl methyl sites for hydroxylation is 1. The van der Waals surface area contributed by atoms with E-state index in [2.05, 4.69) is 4.57 Å². The summed E-state index contributed by atoms with van der Waals surface area (Å²) in [4.78, 5) is 13.1. The first-order chi connectivity index (χ1) is 7.20. The Kier molecular flexibility index (Phi) is 3.83. The second-order valence-corrected chi connectivity index (χ2v) is 3.37. The van der Waals surface area contributed by atoms with E-state index in [4.69, 9.17) is 0 Å². The minimum absolute atomic E-state index is 0.130. The highest BCUT2D eigenvalue weighted by molar-refractivity contribution is 5.93. The quantitative estimate of drug-likeness (QED) is 0.591. The smallest absolute Gasteiger partial charge is 0.224 e. The predicted molar refractivity (Wildman–Crippen MR) is 60.7 cm³/mol. The van der Waals surface area contributed by atoms with Crippen LogP contribution in [0.5, 0.6) is 0 Å². The van der Waals surface area contributed by atoms with Crippen molar-refractivity contribution in [2.24, 2.45) is 7.05 Å². The number of hydrogen-bond acceptors (Lipinski definition) is 1. The average molecular weight is 207 g/mol. The van der Waals surface area contributed by atoms with Crippen molar-refractivity contribution in [1.82, 2.24) is 0 Å². The number of aromatic nitrogens is 1. The lowest BCUT2D eigenvalue weighted by Gasteiger charge is -2.12. The Morgan fingerprint density at radius 3 is 2.73 bits per heavy atom. The van der Waals surface area contributed by atoms with Crippen LogP contribution >= 0.6 is 0 Å². The van der Waals surface area contributed by atoms with Gasteiger partial charge in [-0.15, -0.1) is 0 Å². The first-order valence-electron chi connectivity index (χ1n) is 5.46. The van der Waals surface area contributed by atoms with Crippen LogP contribution in [0.2, 0.25) is 0 Å². The van der Waals surface area contributed by atoms with Crippen LogP contribution in [-0.4, -0.2) is 12.5 Å². The molecule has 0 spiro atoms. The van der Waals surface area contributed by atoms with E-state index in [1.54, 1.807) is 6.92 Å². The zero-order valence-corrected chi connectivity index (χ0v) is 9.95. The van der Waals surface area contributed by atoms with Gasteiger partial charge in [0.1, 0.15) is 12.7 Å². The van der Waals surface area contributed by atoms with Crippen molar-refractivity contribution < 1.29 is 9.36 Å². The largest absolute Gasteiger partial charge is 0.307 e. The third-order valence-electron chi connectivity index (χ3n) is 2.53. The van der Waals surface area contributed by atoms with Crippen molar-refractivity contribution in [3.8, 4) is 0 Å². The lowest BCUT2D eigenvalue weighted by molar-refractivity contribution is -0.677. The van der Waals surface area contributed by atoms with Gasteiger partial charge in [0.05, 0.1) is 6.42 Å². The molecule has 1 aromatic rings. The van der Waals surface area contributed by atoms with E-state index in [0.29, 0.717) is 0 Å². The number of carbonyl (C=O) groups is 1. The van der Waals surface area contributed by atoms with Crippen LogP contribution in [0.15, 0.2) is 18.3 Å². The number of fused-ring (bicyclic) bond motifs is 1. The van der Waals surface area contributed by atoms with E-state index in [0.717, 1.165) is 18.7 Å². The Balaban J connectivity index is 0.000000531. The SMILES string of the molecule is CC.CC(=O)N1CCc2c1ccc[n+]2C. The third-order valence-corrected chi connectivity index (χ3v) is 2.53. The molecule has 0 saturated carbocycles. The van der Waals surface area contributed by atoms with Gasteiger partial charge >= 0.3 is 0 Å². The summed E-state index contributed by atoms with van der Waals surface area (Å²) in [6.45, 7) is 6.44. The van der Waals surface area contributed by atoms with Crippen LogP contribution < -0.4 is 9.47 Å². The van der Waals surface area contributed by atoms with Crippen molar-refractivity contribution in [2.45, 2.75) is 27.2 Å². The summed E-state index contributed by atoms with van der Waals surface area (Å²) in [7, 11) is 2.02. The maximum Gasteiger partial charge on any atom is 0.224 e. The fourth-order valence-electron chi connectivity index (χ4n) is 1.85. The zero-order chi connectivity index (χ0) is 11.4. The Morgan fingerprint density at radius 1 is 1.47 bits per heavy atom. The van der Waals surface area contributed by atoms with Crippen LogP contribution in [0.1, 0.15) is 26.5 Å². The minimum Gasteiger partial charge on any atom is -0.307 e. The van der Waals surface area contributed by atoms with E-state index < -0.39 is 0 Å². The van der Waals surface area contributed by atoms with Gasteiger partial charge in [0.25, 0.3) is 0 Å². The summed E-state index contributed by atoms with van der Waals surface area (Å²) < 4.78 is 2.08. The minimum atomic E-state index is 0.130. The lowest BCUT2D eigenvalue weighted by Crippen LogP contribution is -2.32. The molecule has 0 N–H and O–H groups in total. The molecule has 0 unspecified atom stereocenters. The topological polar surface area (TPSA) is 24.2 Å². The predicted octanol–water partition coefficient (Wildman–Crippen LogP) is 1.45. The summed E-state index contributed by atoms with van der Waals surface area (Å²) in [6, 6.07) is 3.98. The maximum absolute atomic E-state index is 11.2. The molecule has 3 heteroatoms. The van der Waals surface area contributed by atoms with Crippen LogP contribution in [0, 0.1) is 0 Å². The molecule has 0 bridgehead atoms. The molecule has 0 saturated heterocycles. The molecule has 82 valence electrons. The number of pyridine rings is 1. The standard InChI is InChI=1S/C10H13N2O.C2H6/c1-8(13)12-7-5-9-10(12)4-3-6-11(9)2;1-2/h3-4,6H,5,7H2,1-2H3;1-2H3/q+1;. The van der Waals surface area contributed by atoms with E-state index >= 15 is 0 Å². The van der Waals surface area contributed by atoms with Gasteiger partial charge in [0.15, 0.2) is 6.20 Å². The average Bonchev–Trinajstić information content (AvgIpc) is 2.66. The molecule has 0 fully saturated rings. The molecule has 1 aliphatic rings. The van der Waals surface area contributed by atoms with E-state index in [1.165, 1.54) is 5.69 Å². The number of nitrogens with zero attached hydrogens (tertiary/aromatic N) is 2. The summed E-state index contributed by atoms with van der Waals surface area (Å²) in [5.41, 5.74) is 2.32. The molecule has 2 heterocycles. The van der Waals surface area contributed by atoms with Gasteiger partial charge in [0.2, 0.25) is 11.6 Å². The van der Waals surface area contributed by atoms with Gasteiger partial charge < -0.3 is 4.90 Å². The zero-order valence-electron chi connectivity index (χ0n) is 9.95. The van der Waals surface area contributed by atoms with E-state index in [-0.39, 0.29) is 5.91 Å². The summed E-state index contributed by atoms with van der Waals surface area (Å²) in [5, 5.41) is 0. The second kappa shape index (κ2) is 4.91. The van der Waals surface area contributed by atoms with Crippen molar-refractivity contribution >= 4 is 11.6 Å². The van der Waals surface area contributed by atoms with Crippen LogP contribution in [-0.2, 0) is 18.3 Å². The second-order valence-electron chi connectivity index (χ2n) is 3.37. The number of rotatable bonds is 0. The number of hydrogen-bond donors (Lipinski definition) is 0. The summed E-state index contributed by atoms with van der Waals surface area (Å²) in [5.74, 6) is 0.130. The van der Waals surface area contributed by atoms with Crippen molar-refractivity contribution in [3.05, 3.63) is 24.0 Å². The van der Waals surface area contributed by atoms with Gasteiger partial charge in [-0.05, 0) is 6.07 Å². The Morgan fingerprint density at radius 2 is 2.13 bits per heavy atom. The highest BCUT2D eigenvalue weighted by Gasteiger charge is 2.27. The molecule has 1 aromatic heterocycles. The monoisotopic (exact) mass is 207 g/mol. The molecule has 2 rings (SSSR count). The summed E-state index contributed by atoms with van der Waals surface area (Å²) in [6.07, 6.45) is 2.98. The molecule has 0 atom stereocenters. The Hall–Kier alpha value is -1.38. The molecule has 0 radical (unpaired) electrons. The maximum atomic E-state index is 11.2. The van der Waals surface area contributed by atoms with Gasteiger partial charge in [0, 0.05) is 19.5 Å². The van der Waals surface area contributed by atoms with Gasteiger partial charge in [-0.1, -0.05) is 13.8 Å². The van der Waals surface area contributed by atoms with Crippen molar-refractivity contribution in [1.29, 1.82) is 0 Å². The van der Waals surface area contributed by atoms with Crippen molar-refractivity contribution in [2.75, 3.05) is 11.4 Å². The van der Waals surface area contributed by atoms with Gasteiger partial charge in [-0.25, -0.2) is 4.57 Å². The molecule has 0 aromatic carbocycles. The first kappa shape index (κ1) is 11.7. The van der Waals surface area contributed by atoms with Gasteiger partial charge in [-0.3, -0.25) is 4.79 Å². The first-order valence-corrected chi connectivity index (χ1v) is 5.46. The highest BCUT2D eigenvalue weighted by atomic mass is 16.2. The number of amides is 1. The Bertz CT molecular complexity index is 361. The molecular weight excluding hydrogens is 188 g/mol. The summed E-state index contributed by atoms with van der Waals surface area (Å²) >= 11 is 0. The fourth-order valence-corrected chi connectivity index (χ4v) is 1.85. The molecule has 1 aliphatic heterocycles. The highest BCUT2D eigenvalue weighted by Crippen LogP contribution is 2.23. The van der Waals surface area contributed by atoms with E-state index in [1.807, 2.05) is 44.1 Å². The van der Waals surface area contributed by atoms with Crippen LogP contribution in [0.3, 0.4) is 0 Å².